The Balaban J connectivity index is 4.08. The van der Waals surface area contributed by atoms with Crippen molar-refractivity contribution in [2.45, 2.75) is 315 Å². The summed E-state index contributed by atoms with van der Waals surface area (Å²) in [5.41, 5.74) is 0. The number of carbonyl (C=O) groups excluding carboxylic acids is 2. The van der Waals surface area contributed by atoms with Crippen LogP contribution in [0.15, 0.2) is 85.1 Å². The molecule has 10 heteroatoms. The molecule has 0 aromatic heterocycles. The summed E-state index contributed by atoms with van der Waals surface area (Å²) < 4.78 is 34.7. The van der Waals surface area contributed by atoms with E-state index in [0.29, 0.717) is 17.4 Å². The Morgan fingerprint density at radius 3 is 1.04 bits per heavy atom. The van der Waals surface area contributed by atoms with Crippen LogP contribution in [-0.2, 0) is 32.7 Å². The van der Waals surface area contributed by atoms with Crippen molar-refractivity contribution in [1.29, 1.82) is 0 Å². The standard InChI is InChI=1S/C72H130NO8P/c1-6-8-10-12-14-16-18-20-22-24-26-28-30-32-34-35-36-37-39-41-43-45-47-49-51-53-55-57-59-61-63-65-72(75)81-70(69-80-82(76,77)79-67-66-73(3,4)5)68-78-71(74)64-62-60-58-56-54-52-50-48-46-44-42-40-38-33-31-29-27-25-23-21-19-17-15-13-11-9-7-2/h8,10,14,16,20,22,26,28,32,34,36-37,41,43,70H,6-7,9,11-13,15,17-19,21,23-25,27,29-31,33,35,38-40,42,44-69H2,1-5H3/p+1/b10-8-,16-14-,22-20-,28-26-,34-32-,37-36-,43-41-. The maximum absolute atomic E-state index is 12.9. The molecular formula is C72H131NO8P+. The van der Waals surface area contributed by atoms with E-state index in [4.69, 9.17) is 18.5 Å². The van der Waals surface area contributed by atoms with Crippen molar-refractivity contribution < 1.29 is 42.1 Å². The quantitative estimate of drug-likeness (QED) is 0.0211. The third-order valence-corrected chi connectivity index (χ3v) is 15.9. The third-order valence-electron chi connectivity index (χ3n) is 14.9. The van der Waals surface area contributed by atoms with E-state index in [0.717, 1.165) is 89.9 Å². The van der Waals surface area contributed by atoms with Gasteiger partial charge in [0.05, 0.1) is 27.7 Å². The van der Waals surface area contributed by atoms with Crippen molar-refractivity contribution in [2.75, 3.05) is 47.5 Å². The zero-order valence-electron chi connectivity index (χ0n) is 54.2. The molecule has 476 valence electrons. The molecular weight excluding hydrogens is 1040 g/mol. The fourth-order valence-electron chi connectivity index (χ4n) is 9.71. The summed E-state index contributed by atoms with van der Waals surface area (Å²) in [6.07, 6.45) is 85.4. The molecule has 0 aromatic carbocycles. The largest absolute Gasteiger partial charge is 0.472 e. The number of hydrogen-bond acceptors (Lipinski definition) is 7. The lowest BCUT2D eigenvalue weighted by Gasteiger charge is -2.24. The second-order valence-corrected chi connectivity index (χ2v) is 25.6. The highest BCUT2D eigenvalue weighted by Gasteiger charge is 2.27. The number of carbonyl (C=O) groups is 2. The van der Waals surface area contributed by atoms with Crippen LogP contribution in [-0.4, -0.2) is 74.9 Å². The highest BCUT2D eigenvalue weighted by molar-refractivity contribution is 7.47. The zero-order chi connectivity index (χ0) is 59.8. The molecule has 9 nitrogen and oxygen atoms in total. The van der Waals surface area contributed by atoms with Gasteiger partial charge in [0.1, 0.15) is 19.8 Å². The second kappa shape index (κ2) is 62.7. The summed E-state index contributed by atoms with van der Waals surface area (Å²) in [4.78, 5) is 35.9. The number of likely N-dealkylation sites (N-methyl/N-ethyl adjacent to an activating group) is 1. The van der Waals surface area contributed by atoms with Crippen LogP contribution in [0.4, 0.5) is 0 Å². The molecule has 2 atom stereocenters. The lowest BCUT2D eigenvalue weighted by atomic mass is 10.0. The van der Waals surface area contributed by atoms with Crippen LogP contribution >= 0.6 is 7.82 Å². The average Bonchev–Trinajstić information content (AvgIpc) is 3.46. The zero-order valence-corrected chi connectivity index (χ0v) is 55.1. The Kier molecular flexibility index (Phi) is 60.6. The maximum Gasteiger partial charge on any atom is 0.472 e. The van der Waals surface area contributed by atoms with E-state index in [2.05, 4.69) is 98.9 Å². The lowest BCUT2D eigenvalue weighted by molar-refractivity contribution is -0.870. The van der Waals surface area contributed by atoms with E-state index in [1.807, 2.05) is 21.1 Å². The number of quaternary nitrogens is 1. The van der Waals surface area contributed by atoms with Crippen LogP contribution in [0.3, 0.4) is 0 Å². The summed E-state index contributed by atoms with van der Waals surface area (Å²) in [5.74, 6) is -0.795. The van der Waals surface area contributed by atoms with Crippen molar-refractivity contribution in [3.05, 3.63) is 85.1 Å². The molecule has 0 aromatic rings. The van der Waals surface area contributed by atoms with Gasteiger partial charge in [-0.1, -0.05) is 311 Å². The smallest absolute Gasteiger partial charge is 0.462 e. The summed E-state index contributed by atoms with van der Waals surface area (Å²) in [7, 11) is 1.48. The number of phosphoric ester groups is 1. The molecule has 0 fully saturated rings. The molecule has 0 saturated heterocycles. The molecule has 0 spiro atoms. The van der Waals surface area contributed by atoms with Crippen LogP contribution in [0.1, 0.15) is 309 Å². The summed E-state index contributed by atoms with van der Waals surface area (Å²) in [5, 5.41) is 0. The number of esters is 2. The summed E-state index contributed by atoms with van der Waals surface area (Å²) >= 11 is 0. The van der Waals surface area contributed by atoms with Crippen LogP contribution in [0.2, 0.25) is 0 Å². The molecule has 1 N–H and O–H groups in total. The van der Waals surface area contributed by atoms with E-state index in [9.17, 15) is 19.0 Å². The first kappa shape index (κ1) is 79.2. The average molecular weight is 1170 g/mol. The Morgan fingerprint density at radius 2 is 0.695 bits per heavy atom. The molecule has 0 amide bonds. The first-order valence-electron chi connectivity index (χ1n) is 34.3. The van der Waals surface area contributed by atoms with Crippen molar-refractivity contribution >= 4 is 19.8 Å². The van der Waals surface area contributed by atoms with Gasteiger partial charge < -0.3 is 18.9 Å². The Hall–Kier alpha value is -2.81. The van der Waals surface area contributed by atoms with Gasteiger partial charge in [-0.05, 0) is 70.6 Å². The molecule has 0 bridgehead atoms. The fourth-order valence-corrected chi connectivity index (χ4v) is 10.4. The van der Waals surface area contributed by atoms with Gasteiger partial charge in [0, 0.05) is 12.8 Å². The summed E-state index contributed by atoms with van der Waals surface area (Å²) in [6.45, 7) is 4.35. The van der Waals surface area contributed by atoms with E-state index < -0.39 is 26.5 Å². The minimum Gasteiger partial charge on any atom is -0.462 e. The van der Waals surface area contributed by atoms with E-state index in [1.165, 1.54) is 186 Å². The monoisotopic (exact) mass is 1170 g/mol. The van der Waals surface area contributed by atoms with Gasteiger partial charge in [-0.25, -0.2) is 4.57 Å². The number of unbranched alkanes of at least 4 members (excludes halogenated alkanes) is 35. The molecule has 0 heterocycles. The predicted octanol–water partition coefficient (Wildman–Crippen LogP) is 22.2. The van der Waals surface area contributed by atoms with Crippen molar-refractivity contribution in [1.82, 2.24) is 0 Å². The van der Waals surface area contributed by atoms with Gasteiger partial charge in [0.15, 0.2) is 6.10 Å². The lowest BCUT2D eigenvalue weighted by Crippen LogP contribution is -2.37. The third kappa shape index (κ3) is 66.3. The Morgan fingerprint density at radius 1 is 0.390 bits per heavy atom. The SMILES string of the molecule is CC/C=C\C/C=C\C/C=C\C/C=C\C/C=C\C/C=C\C/C=C\CCCCCCCCCCCC(=O)OC(COC(=O)CCCCCCCCCCCCCCCCCCCCCCCCCCCCC)COP(=O)(O)OCC[N+](C)(C)C. The van der Waals surface area contributed by atoms with Gasteiger partial charge >= 0.3 is 19.8 Å². The van der Waals surface area contributed by atoms with Gasteiger partial charge in [-0.15, -0.1) is 0 Å². The first-order chi connectivity index (χ1) is 40.0. The number of hydrogen-bond donors (Lipinski definition) is 1. The topological polar surface area (TPSA) is 108 Å². The van der Waals surface area contributed by atoms with Crippen molar-refractivity contribution in [2.24, 2.45) is 0 Å². The molecule has 0 aliphatic heterocycles. The second-order valence-electron chi connectivity index (χ2n) is 24.2. The van der Waals surface area contributed by atoms with Crippen LogP contribution in [0, 0.1) is 0 Å². The highest BCUT2D eigenvalue weighted by atomic mass is 31.2. The molecule has 0 saturated carbocycles. The van der Waals surface area contributed by atoms with E-state index in [1.54, 1.807) is 0 Å². The van der Waals surface area contributed by atoms with Crippen LogP contribution in [0.25, 0.3) is 0 Å². The molecule has 0 aliphatic carbocycles. The fraction of sp³-hybridized carbons (Fsp3) is 0.778. The Bertz CT molecular complexity index is 1660. The minimum absolute atomic E-state index is 0.0286. The molecule has 0 radical (unpaired) electrons. The number of allylic oxidation sites excluding steroid dienone is 14. The first-order valence-corrected chi connectivity index (χ1v) is 35.8. The normalized spacial score (nSPS) is 13.7. The van der Waals surface area contributed by atoms with Gasteiger partial charge in [-0.2, -0.15) is 0 Å². The minimum atomic E-state index is -4.40. The molecule has 0 rings (SSSR count). The van der Waals surface area contributed by atoms with Crippen LogP contribution < -0.4 is 0 Å². The van der Waals surface area contributed by atoms with Gasteiger partial charge in [-0.3, -0.25) is 18.6 Å². The van der Waals surface area contributed by atoms with E-state index >= 15 is 0 Å². The Labute approximate surface area is 507 Å². The van der Waals surface area contributed by atoms with Gasteiger partial charge in [0.2, 0.25) is 0 Å². The van der Waals surface area contributed by atoms with Crippen molar-refractivity contribution in [3.63, 3.8) is 0 Å². The van der Waals surface area contributed by atoms with E-state index in [-0.39, 0.29) is 32.0 Å². The number of ether oxygens (including phenoxy) is 2. The number of rotatable bonds is 63. The molecule has 0 aliphatic rings. The number of phosphoric acid groups is 1. The predicted molar refractivity (Wildman–Crippen MR) is 353 cm³/mol. The highest BCUT2D eigenvalue weighted by Crippen LogP contribution is 2.43. The van der Waals surface area contributed by atoms with Crippen molar-refractivity contribution in [3.8, 4) is 0 Å². The number of nitrogens with zero attached hydrogens (tertiary/aromatic N) is 1. The summed E-state index contributed by atoms with van der Waals surface area (Å²) in [6, 6.07) is 0. The van der Waals surface area contributed by atoms with Gasteiger partial charge in [0.25, 0.3) is 0 Å². The molecule has 2 unspecified atom stereocenters. The maximum atomic E-state index is 12.9. The van der Waals surface area contributed by atoms with Crippen LogP contribution in [0.5, 0.6) is 0 Å². The molecule has 82 heavy (non-hydrogen) atoms.